The van der Waals surface area contributed by atoms with E-state index in [0.717, 1.165) is 6.08 Å². The lowest BCUT2D eigenvalue weighted by atomic mass is 10.1. The highest BCUT2D eigenvalue weighted by molar-refractivity contribution is 8.56. The highest BCUT2D eigenvalue weighted by Crippen LogP contribution is 2.47. The van der Waals surface area contributed by atoms with Gasteiger partial charge < -0.3 is 21.5 Å². The predicted octanol–water partition coefficient (Wildman–Crippen LogP) is 5.30. The smallest absolute Gasteiger partial charge is 0.371 e. The van der Waals surface area contributed by atoms with Crippen LogP contribution in [0.5, 0.6) is 11.5 Å². The lowest BCUT2D eigenvalue weighted by Crippen LogP contribution is -2.13. The molecule has 0 radical (unpaired) electrons. The summed E-state index contributed by atoms with van der Waals surface area (Å²) in [6.07, 6.45) is 3.59. The number of aliphatic imine (C=N–C) groups is 1. The summed E-state index contributed by atoms with van der Waals surface area (Å²) >= 11 is 23.4. The van der Waals surface area contributed by atoms with Gasteiger partial charge in [0, 0.05) is 22.1 Å². The summed E-state index contributed by atoms with van der Waals surface area (Å²) in [5.41, 5.74) is -2.57. The topological polar surface area (TPSA) is 91.0 Å². The number of ether oxygens (including phenoxy) is 1. The van der Waals surface area contributed by atoms with Crippen molar-refractivity contribution in [1.29, 1.82) is 0 Å². The number of hydrogen-bond acceptors (Lipinski definition) is 7. The van der Waals surface area contributed by atoms with E-state index in [-0.39, 0.29) is 33.1 Å². The molecule has 0 saturated heterocycles. The molecule has 0 heterocycles. The van der Waals surface area contributed by atoms with Crippen LogP contribution in [0.3, 0.4) is 0 Å². The van der Waals surface area contributed by atoms with E-state index in [0.29, 0.717) is 16.6 Å². The number of allylic oxidation sites excluding steroid dienone is 3. The van der Waals surface area contributed by atoms with Crippen LogP contribution in [0.1, 0.15) is 15.9 Å². The molecular weight excluding hydrogens is 526 g/mol. The molecule has 33 heavy (non-hydrogen) atoms. The third kappa shape index (κ3) is 5.99. The SMILES string of the molecule is COc1ccc(P(=S)([S-])Oc2c(C)cc(Cl)cc2C(=O)N=C2C=CC([N+](=O)[O-])=C[C+]2Cl)cc1. The molecule has 12 heteroatoms. The fraction of sp³-hybridized carbons (Fsp3) is 0.0952. The van der Waals surface area contributed by atoms with Crippen LogP contribution >= 0.6 is 28.7 Å². The number of nitrogens with zero attached hydrogens (tertiary/aromatic N) is 2. The summed E-state index contributed by atoms with van der Waals surface area (Å²) in [5, 5.41) is 11.8. The molecule has 1 atom stereocenters. The molecule has 1 aliphatic rings. The van der Waals surface area contributed by atoms with Gasteiger partial charge in [-0.3, -0.25) is 4.79 Å². The zero-order valence-electron chi connectivity index (χ0n) is 17.2. The normalized spacial score (nSPS) is 16.2. The van der Waals surface area contributed by atoms with Gasteiger partial charge in [-0.05, 0) is 54.2 Å². The van der Waals surface area contributed by atoms with E-state index in [4.69, 9.17) is 56.5 Å². The lowest BCUT2D eigenvalue weighted by molar-refractivity contribution is -0.419. The molecule has 0 aliphatic heterocycles. The van der Waals surface area contributed by atoms with Gasteiger partial charge in [-0.25, -0.2) is 10.1 Å². The number of carbonyl (C=O) groups is 1. The van der Waals surface area contributed by atoms with Gasteiger partial charge in [0.15, 0.2) is 11.1 Å². The first-order chi connectivity index (χ1) is 15.5. The van der Waals surface area contributed by atoms with Crippen LogP contribution in [0.4, 0.5) is 0 Å². The van der Waals surface area contributed by atoms with Crippen molar-refractivity contribution in [3.05, 3.63) is 92.0 Å². The minimum atomic E-state index is -2.99. The van der Waals surface area contributed by atoms with Crippen molar-refractivity contribution in [1.82, 2.24) is 0 Å². The summed E-state index contributed by atoms with van der Waals surface area (Å²) in [6.45, 7) is 1.70. The van der Waals surface area contributed by atoms with Gasteiger partial charge in [-0.1, -0.05) is 23.4 Å². The van der Waals surface area contributed by atoms with Crippen LogP contribution in [0.25, 0.3) is 0 Å². The van der Waals surface area contributed by atoms with E-state index in [1.165, 1.54) is 18.2 Å². The van der Waals surface area contributed by atoms with Gasteiger partial charge in [0.05, 0.1) is 18.7 Å². The number of amides is 1. The molecule has 1 amide bonds. The second-order valence-electron chi connectivity index (χ2n) is 6.70. The number of carbonyl (C=O) groups excluding carboxylic acids is 1. The molecule has 7 nitrogen and oxygen atoms in total. The van der Waals surface area contributed by atoms with Crippen molar-refractivity contribution in [2.24, 2.45) is 4.99 Å². The summed E-state index contributed by atoms with van der Waals surface area (Å²) in [7, 11) is 1.55. The molecule has 2 aromatic rings. The molecule has 1 unspecified atom stereocenters. The fourth-order valence-electron chi connectivity index (χ4n) is 2.82. The maximum Gasteiger partial charge on any atom is 0.371 e. The van der Waals surface area contributed by atoms with Crippen molar-refractivity contribution >= 4 is 69.6 Å². The molecule has 0 spiro atoms. The minimum absolute atomic E-state index is 0.0435. The molecule has 0 aromatic heterocycles. The Hall–Kier alpha value is -2.29. The Morgan fingerprint density at radius 2 is 1.94 bits per heavy atom. The Morgan fingerprint density at radius 3 is 2.52 bits per heavy atom. The van der Waals surface area contributed by atoms with Crippen molar-refractivity contribution < 1.29 is 19.0 Å². The number of aryl methyl sites for hydroxylation is 1. The maximum absolute atomic E-state index is 13.0. The second-order valence-corrected chi connectivity index (χ2v) is 13.0. The van der Waals surface area contributed by atoms with Gasteiger partial charge in [-0.15, -0.1) is 0 Å². The highest BCUT2D eigenvalue weighted by atomic mass is 35.5. The molecule has 1 aliphatic carbocycles. The van der Waals surface area contributed by atoms with Gasteiger partial charge in [0.1, 0.15) is 28.6 Å². The van der Waals surface area contributed by atoms with E-state index in [1.807, 2.05) is 0 Å². The average molecular weight is 541 g/mol. The second kappa shape index (κ2) is 10.3. The molecule has 170 valence electrons. The maximum atomic E-state index is 13.0. The molecule has 0 bridgehead atoms. The van der Waals surface area contributed by atoms with Gasteiger partial charge in [-0.2, -0.15) is 4.99 Å². The molecule has 3 rings (SSSR count). The number of nitro groups is 1. The summed E-state index contributed by atoms with van der Waals surface area (Å²) in [6, 6.07) is 9.90. The number of hydrogen-bond donors (Lipinski definition) is 0. The Bertz CT molecular complexity index is 1260. The predicted molar refractivity (Wildman–Crippen MR) is 136 cm³/mol. The first kappa shape index (κ1) is 25.3. The lowest BCUT2D eigenvalue weighted by Gasteiger charge is -2.31. The van der Waals surface area contributed by atoms with E-state index >= 15 is 0 Å². The number of rotatable bonds is 6. The first-order valence-electron chi connectivity index (χ1n) is 9.17. The van der Waals surface area contributed by atoms with Gasteiger partial charge in [0.25, 0.3) is 5.91 Å². The van der Waals surface area contributed by atoms with Crippen LogP contribution in [0.2, 0.25) is 5.02 Å². The number of methoxy groups -OCH3 is 1. The molecule has 2 aromatic carbocycles. The molecule has 0 fully saturated rings. The Labute approximate surface area is 210 Å². The first-order valence-corrected chi connectivity index (χ1v) is 13.7. The van der Waals surface area contributed by atoms with Crippen molar-refractivity contribution in [2.45, 2.75) is 6.92 Å². The minimum Gasteiger partial charge on any atom is -0.702 e. The van der Waals surface area contributed by atoms with Crippen molar-refractivity contribution in [2.75, 3.05) is 7.11 Å². The number of halogens is 2. The van der Waals surface area contributed by atoms with Crippen LogP contribution in [0, 0.1) is 22.4 Å². The largest absolute Gasteiger partial charge is 0.702 e. The zero-order chi connectivity index (χ0) is 24.3. The summed E-state index contributed by atoms with van der Waals surface area (Å²) in [4.78, 5) is 27.3. The third-order valence-electron chi connectivity index (χ3n) is 4.43. The monoisotopic (exact) mass is 540 g/mol. The Balaban J connectivity index is 1.97. The standard InChI is InChI=1S/C21H15Cl2N2O5PS2/c1-12-9-13(22)10-17(21(26)24-19-8-3-14(25(27)28)11-18(19)23)20(12)30-31(32,33)16-6-4-15(29-2)5-7-16/h3-11H,1-2H3. The highest BCUT2D eigenvalue weighted by Gasteiger charge is 2.31. The van der Waals surface area contributed by atoms with Crippen LogP contribution in [0.15, 0.2) is 65.3 Å². The summed E-state index contributed by atoms with van der Waals surface area (Å²) < 4.78 is 11.2. The van der Waals surface area contributed by atoms with Gasteiger partial charge in [0.2, 0.25) is 0 Å². The number of benzene rings is 2. The van der Waals surface area contributed by atoms with Crippen molar-refractivity contribution in [3.63, 3.8) is 0 Å². The Kier molecular flexibility index (Phi) is 7.92. The van der Waals surface area contributed by atoms with E-state index in [1.54, 1.807) is 44.4 Å². The van der Waals surface area contributed by atoms with Crippen LogP contribution in [-0.4, -0.2) is 23.7 Å². The molecule has 0 N–H and O–H groups in total. The average Bonchev–Trinajstić information content (AvgIpc) is 2.76. The van der Waals surface area contributed by atoms with Crippen LogP contribution < -0.4 is 14.6 Å². The van der Waals surface area contributed by atoms with Crippen LogP contribution in [-0.2, 0) is 24.1 Å². The quantitative estimate of drug-likeness (QED) is 0.161. The zero-order valence-corrected chi connectivity index (χ0v) is 21.2. The fourth-order valence-corrected chi connectivity index (χ4v) is 5.59. The molecular formula is C21H15Cl2N2O5PS2. The van der Waals surface area contributed by atoms with Gasteiger partial charge >= 0.3 is 5.70 Å². The molecule has 0 saturated carbocycles. The summed E-state index contributed by atoms with van der Waals surface area (Å²) in [5.74, 6) is 0.0903. The van der Waals surface area contributed by atoms with E-state index < -0.39 is 16.3 Å². The van der Waals surface area contributed by atoms with E-state index in [9.17, 15) is 14.9 Å². The Morgan fingerprint density at radius 1 is 1.27 bits per heavy atom. The third-order valence-corrected chi connectivity index (χ3v) is 8.02. The van der Waals surface area contributed by atoms with Crippen molar-refractivity contribution in [3.8, 4) is 11.5 Å². The van der Waals surface area contributed by atoms with E-state index in [2.05, 4.69) is 4.99 Å².